The molecule has 29 heavy (non-hydrogen) atoms. The van der Waals surface area contributed by atoms with Crippen LogP contribution in [0.25, 0.3) is 17.0 Å². The summed E-state index contributed by atoms with van der Waals surface area (Å²) in [6.45, 7) is 0.626. The number of hydrogen-bond acceptors (Lipinski definition) is 2. The Morgan fingerprint density at radius 2 is 1.76 bits per heavy atom. The van der Waals surface area contributed by atoms with Crippen LogP contribution in [0.5, 0.6) is 0 Å². The summed E-state index contributed by atoms with van der Waals surface area (Å²) in [5.41, 5.74) is 3.89. The largest absolute Gasteiger partial charge is 0.342 e. The van der Waals surface area contributed by atoms with E-state index in [-0.39, 0.29) is 5.78 Å². The molecule has 0 atom stereocenters. The molecular formula is C24H15Cl2NOS. The van der Waals surface area contributed by atoms with Crippen LogP contribution in [-0.4, -0.2) is 10.4 Å². The Morgan fingerprint density at radius 3 is 2.59 bits per heavy atom. The standard InChI is InChI=1S/C24H15Cl2NOS/c25-17-10-9-15(20(26)12-17)13-27-14-16(18-5-1-3-7-21(18)27)11-23-24(28)19-6-2-4-8-22(19)29-23/h1-12,14H,13H2/b23-11-. The number of nitrogens with zero attached hydrogens (tertiary/aromatic N) is 1. The number of carbonyl (C=O) groups is 1. The van der Waals surface area contributed by atoms with Crippen molar-refractivity contribution in [1.29, 1.82) is 0 Å². The molecule has 0 radical (unpaired) electrons. The maximum absolute atomic E-state index is 12.8. The molecule has 2 nitrogen and oxygen atoms in total. The number of hydrogen-bond donors (Lipinski definition) is 0. The van der Waals surface area contributed by atoms with Crippen molar-refractivity contribution >= 4 is 57.7 Å². The fraction of sp³-hybridized carbons (Fsp3) is 0.0417. The summed E-state index contributed by atoms with van der Waals surface area (Å²) in [6, 6.07) is 21.5. The zero-order valence-electron chi connectivity index (χ0n) is 15.2. The van der Waals surface area contributed by atoms with Gasteiger partial charge in [-0.2, -0.15) is 0 Å². The van der Waals surface area contributed by atoms with E-state index in [1.807, 2.05) is 54.6 Å². The average molecular weight is 436 g/mol. The van der Waals surface area contributed by atoms with Crippen LogP contribution in [-0.2, 0) is 6.54 Å². The highest BCUT2D eigenvalue weighted by molar-refractivity contribution is 8.04. The lowest BCUT2D eigenvalue weighted by Gasteiger charge is -2.08. The Hall–Kier alpha value is -2.46. The summed E-state index contributed by atoms with van der Waals surface area (Å²) in [7, 11) is 0. The first-order valence-electron chi connectivity index (χ1n) is 9.15. The van der Waals surface area contributed by atoms with Gasteiger partial charge in [0.15, 0.2) is 0 Å². The van der Waals surface area contributed by atoms with Crippen LogP contribution in [0.4, 0.5) is 0 Å². The van der Waals surface area contributed by atoms with Crippen LogP contribution in [0, 0.1) is 0 Å². The van der Waals surface area contributed by atoms with Crippen molar-refractivity contribution < 1.29 is 4.79 Å². The second kappa shape index (κ2) is 7.42. The summed E-state index contributed by atoms with van der Waals surface area (Å²) in [4.78, 5) is 14.5. The van der Waals surface area contributed by atoms with Crippen molar-refractivity contribution in [1.82, 2.24) is 4.57 Å². The molecule has 2 heterocycles. The molecule has 0 saturated carbocycles. The van der Waals surface area contributed by atoms with Crippen LogP contribution in [0.1, 0.15) is 21.5 Å². The lowest BCUT2D eigenvalue weighted by molar-refractivity contribution is 0.104. The van der Waals surface area contributed by atoms with E-state index in [1.165, 1.54) is 11.8 Å². The second-order valence-corrected chi connectivity index (χ2v) is 8.83. The quantitative estimate of drug-likeness (QED) is 0.314. The third kappa shape index (κ3) is 3.40. The van der Waals surface area contributed by atoms with Gasteiger partial charge >= 0.3 is 0 Å². The summed E-state index contributed by atoms with van der Waals surface area (Å²) in [5, 5.41) is 2.37. The van der Waals surface area contributed by atoms with Crippen molar-refractivity contribution in [2.45, 2.75) is 11.4 Å². The van der Waals surface area contributed by atoms with E-state index in [0.29, 0.717) is 16.6 Å². The summed E-state index contributed by atoms with van der Waals surface area (Å²) in [5.74, 6) is 0.0863. The number of para-hydroxylation sites is 1. The molecule has 1 aliphatic heterocycles. The van der Waals surface area contributed by atoms with Gasteiger partial charge in [0.2, 0.25) is 5.78 Å². The number of allylic oxidation sites excluding steroid dienone is 1. The Balaban J connectivity index is 1.57. The molecule has 4 aromatic rings. The highest BCUT2D eigenvalue weighted by Crippen LogP contribution is 2.41. The SMILES string of the molecule is O=C1/C(=C/c2cn(Cc3ccc(Cl)cc3Cl)c3ccccc23)Sc2ccccc21. The van der Waals surface area contributed by atoms with E-state index in [1.54, 1.807) is 6.07 Å². The summed E-state index contributed by atoms with van der Waals surface area (Å²) >= 11 is 14.0. The molecule has 5 rings (SSSR count). The predicted molar refractivity (Wildman–Crippen MR) is 122 cm³/mol. The zero-order chi connectivity index (χ0) is 20.0. The number of carbonyl (C=O) groups excluding carboxylic acids is 1. The van der Waals surface area contributed by atoms with Crippen LogP contribution in [0.2, 0.25) is 10.0 Å². The molecule has 0 amide bonds. The van der Waals surface area contributed by atoms with Gasteiger partial charge in [-0.3, -0.25) is 4.79 Å². The fourth-order valence-electron chi connectivity index (χ4n) is 3.63. The number of aromatic nitrogens is 1. The Bertz CT molecular complexity index is 1310. The van der Waals surface area contributed by atoms with Crippen molar-refractivity contribution in [3.05, 3.63) is 105 Å². The highest BCUT2D eigenvalue weighted by Gasteiger charge is 2.25. The second-order valence-electron chi connectivity index (χ2n) is 6.90. The zero-order valence-corrected chi connectivity index (χ0v) is 17.6. The molecule has 0 spiro atoms. The summed E-state index contributed by atoms with van der Waals surface area (Å²) < 4.78 is 2.16. The van der Waals surface area contributed by atoms with Gasteiger partial charge in [0, 0.05) is 49.7 Å². The van der Waals surface area contributed by atoms with Crippen molar-refractivity contribution in [2.24, 2.45) is 0 Å². The van der Waals surface area contributed by atoms with Crippen LogP contribution >= 0.6 is 35.0 Å². The maximum atomic E-state index is 12.8. The van der Waals surface area contributed by atoms with Crippen LogP contribution in [0.3, 0.4) is 0 Å². The molecule has 5 heteroatoms. The van der Waals surface area contributed by atoms with E-state index < -0.39 is 0 Å². The smallest absolute Gasteiger partial charge is 0.200 e. The van der Waals surface area contributed by atoms with E-state index in [0.717, 1.165) is 37.4 Å². The third-order valence-electron chi connectivity index (χ3n) is 5.04. The number of thioether (sulfide) groups is 1. The third-order valence-corrected chi connectivity index (χ3v) is 6.72. The Morgan fingerprint density at radius 1 is 0.966 bits per heavy atom. The first kappa shape index (κ1) is 18.6. The number of fused-ring (bicyclic) bond motifs is 2. The van der Waals surface area contributed by atoms with Gasteiger partial charge < -0.3 is 4.57 Å². The lowest BCUT2D eigenvalue weighted by Crippen LogP contribution is -1.98. The number of halogens is 2. The van der Waals surface area contributed by atoms with Crippen LogP contribution < -0.4 is 0 Å². The molecule has 3 aromatic carbocycles. The van der Waals surface area contributed by atoms with Crippen molar-refractivity contribution in [3.8, 4) is 0 Å². The van der Waals surface area contributed by atoms with Gasteiger partial charge in [0.05, 0.1) is 4.91 Å². The number of Topliss-reactive ketones (excluding diaryl/α,β-unsaturated/α-hetero) is 1. The molecule has 0 unspecified atom stereocenters. The van der Waals surface area contributed by atoms with E-state index >= 15 is 0 Å². The number of benzene rings is 3. The van der Waals surface area contributed by atoms with E-state index in [4.69, 9.17) is 23.2 Å². The monoisotopic (exact) mass is 435 g/mol. The van der Waals surface area contributed by atoms with Crippen molar-refractivity contribution in [3.63, 3.8) is 0 Å². The molecule has 0 bridgehead atoms. The van der Waals surface area contributed by atoms with Gasteiger partial charge in [-0.1, -0.05) is 71.4 Å². The topological polar surface area (TPSA) is 22.0 Å². The molecule has 1 aliphatic rings. The Labute approximate surface area is 182 Å². The summed E-state index contributed by atoms with van der Waals surface area (Å²) in [6.07, 6.45) is 4.08. The average Bonchev–Trinajstić information content (AvgIpc) is 3.23. The first-order chi connectivity index (χ1) is 14.1. The minimum absolute atomic E-state index is 0.0863. The van der Waals surface area contributed by atoms with Gasteiger partial charge in [0.1, 0.15) is 0 Å². The highest BCUT2D eigenvalue weighted by atomic mass is 35.5. The Kier molecular flexibility index (Phi) is 4.75. The number of rotatable bonds is 3. The minimum atomic E-state index is 0.0863. The predicted octanol–water partition coefficient (Wildman–Crippen LogP) is 7.33. The molecule has 0 fully saturated rings. The van der Waals surface area contributed by atoms with Crippen LogP contribution in [0.15, 0.2) is 82.7 Å². The maximum Gasteiger partial charge on any atom is 0.200 e. The van der Waals surface area contributed by atoms with E-state index in [2.05, 4.69) is 22.9 Å². The number of ketones is 1. The molecule has 1 aromatic heterocycles. The van der Waals surface area contributed by atoms with Gasteiger partial charge in [-0.15, -0.1) is 0 Å². The van der Waals surface area contributed by atoms with E-state index in [9.17, 15) is 4.79 Å². The minimum Gasteiger partial charge on any atom is -0.342 e. The molecule has 0 saturated heterocycles. The van der Waals surface area contributed by atoms with Gasteiger partial charge in [0.25, 0.3) is 0 Å². The fourth-order valence-corrected chi connectivity index (χ4v) is 5.14. The van der Waals surface area contributed by atoms with Gasteiger partial charge in [-0.25, -0.2) is 0 Å². The lowest BCUT2D eigenvalue weighted by atomic mass is 10.1. The normalized spacial score (nSPS) is 14.7. The molecular weight excluding hydrogens is 421 g/mol. The van der Waals surface area contributed by atoms with Crippen molar-refractivity contribution in [2.75, 3.05) is 0 Å². The molecule has 142 valence electrons. The first-order valence-corrected chi connectivity index (χ1v) is 10.7. The van der Waals surface area contributed by atoms with Gasteiger partial charge in [-0.05, 0) is 42.0 Å². The molecule has 0 N–H and O–H groups in total. The molecule has 0 aliphatic carbocycles.